The summed E-state index contributed by atoms with van der Waals surface area (Å²) >= 11 is 0. The molecule has 4 rings (SSSR count). The van der Waals surface area contributed by atoms with Crippen LogP contribution in [-0.2, 0) is 6.54 Å². The molecule has 0 bridgehead atoms. The molecule has 31 heavy (non-hydrogen) atoms. The maximum Gasteiger partial charge on any atom is 0.346 e. The quantitative estimate of drug-likeness (QED) is 0.493. The maximum atomic E-state index is 12.9. The van der Waals surface area contributed by atoms with Gasteiger partial charge in [0.05, 0.1) is 12.6 Å². The van der Waals surface area contributed by atoms with Gasteiger partial charge in [0.15, 0.2) is 11.6 Å². The van der Waals surface area contributed by atoms with E-state index in [1.165, 1.54) is 4.68 Å². The molecule has 0 fully saturated rings. The minimum atomic E-state index is -0.0991. The number of H-pyrrole nitrogens is 1. The van der Waals surface area contributed by atoms with Gasteiger partial charge in [-0.2, -0.15) is 5.10 Å². The van der Waals surface area contributed by atoms with Crippen molar-refractivity contribution < 1.29 is 0 Å². The van der Waals surface area contributed by atoms with Gasteiger partial charge in [-0.05, 0) is 53.5 Å². The van der Waals surface area contributed by atoms with Crippen molar-refractivity contribution in [1.82, 2.24) is 35.0 Å². The van der Waals surface area contributed by atoms with Crippen LogP contribution in [0.5, 0.6) is 0 Å². The molecule has 1 N–H and O–H groups in total. The van der Waals surface area contributed by atoms with Gasteiger partial charge in [-0.25, -0.2) is 14.6 Å². The molecule has 4 aromatic rings. The van der Waals surface area contributed by atoms with E-state index >= 15 is 0 Å². The lowest BCUT2D eigenvalue weighted by Crippen LogP contribution is -2.26. The summed E-state index contributed by atoms with van der Waals surface area (Å²) in [6, 6.07) is 16.2. The molecule has 2 aromatic carbocycles. The Labute approximate surface area is 180 Å². The number of hydrogen-bond donors (Lipinski definition) is 1. The zero-order valence-corrected chi connectivity index (χ0v) is 17.9. The molecule has 0 aliphatic carbocycles. The Balaban J connectivity index is 1.66. The van der Waals surface area contributed by atoms with Crippen LogP contribution in [0.2, 0.25) is 0 Å². The average molecular weight is 416 g/mol. The Morgan fingerprint density at radius 3 is 2.45 bits per heavy atom. The molecule has 8 heteroatoms. The van der Waals surface area contributed by atoms with Gasteiger partial charge in [-0.15, -0.1) is 5.10 Å². The average Bonchev–Trinajstić information content (AvgIpc) is 3.42. The number of allylic oxidation sites excluding steroid dienone is 1. The summed E-state index contributed by atoms with van der Waals surface area (Å²) in [5.41, 5.74) is 3.94. The first-order chi connectivity index (χ1) is 15.1. The molecule has 0 aliphatic heterocycles. The van der Waals surface area contributed by atoms with Gasteiger partial charge in [0.2, 0.25) is 0 Å². The smallest absolute Gasteiger partial charge is 0.271 e. The zero-order valence-electron chi connectivity index (χ0n) is 17.9. The fourth-order valence-electron chi connectivity index (χ4n) is 3.45. The minimum Gasteiger partial charge on any atom is -0.271 e. The van der Waals surface area contributed by atoms with Crippen LogP contribution in [0, 0.1) is 0 Å². The molecule has 0 amide bonds. The highest BCUT2D eigenvalue weighted by atomic mass is 16.2. The lowest BCUT2D eigenvalue weighted by Gasteiger charge is -2.09. The van der Waals surface area contributed by atoms with Gasteiger partial charge >= 0.3 is 5.69 Å². The predicted molar refractivity (Wildman–Crippen MR) is 120 cm³/mol. The zero-order chi connectivity index (χ0) is 21.8. The number of aromatic nitrogens is 7. The van der Waals surface area contributed by atoms with Gasteiger partial charge < -0.3 is 0 Å². The number of tetrazole rings is 1. The number of nitrogens with one attached hydrogen (secondary N) is 1. The molecule has 8 nitrogen and oxygen atoms in total. The van der Waals surface area contributed by atoms with E-state index in [0.717, 1.165) is 28.7 Å². The number of rotatable bonds is 7. The second-order valence-corrected chi connectivity index (χ2v) is 7.57. The molecule has 0 saturated heterocycles. The van der Waals surface area contributed by atoms with Gasteiger partial charge in [0.25, 0.3) is 0 Å². The van der Waals surface area contributed by atoms with E-state index < -0.39 is 0 Å². The topological polar surface area (TPSA) is 94.3 Å². The third-order valence-electron chi connectivity index (χ3n) is 5.04. The molecule has 158 valence electrons. The van der Waals surface area contributed by atoms with E-state index in [-0.39, 0.29) is 11.7 Å². The predicted octanol–water partition coefficient (Wildman–Crippen LogP) is 3.94. The lowest BCUT2D eigenvalue weighted by molar-refractivity contribution is 0.506. The van der Waals surface area contributed by atoms with E-state index in [1.807, 2.05) is 62.4 Å². The maximum absolute atomic E-state index is 12.9. The number of aromatic amines is 1. The normalized spacial score (nSPS) is 11.6. The van der Waals surface area contributed by atoms with Crippen molar-refractivity contribution in [2.45, 2.75) is 39.8 Å². The van der Waals surface area contributed by atoms with E-state index in [9.17, 15) is 4.79 Å². The molecular weight excluding hydrogens is 390 g/mol. The Bertz CT molecular complexity index is 1230. The summed E-state index contributed by atoms with van der Waals surface area (Å²) < 4.78 is 3.25. The summed E-state index contributed by atoms with van der Waals surface area (Å²) in [6.45, 7) is 6.44. The van der Waals surface area contributed by atoms with Crippen molar-refractivity contribution in [3.63, 3.8) is 0 Å². The van der Waals surface area contributed by atoms with Gasteiger partial charge in [-0.1, -0.05) is 61.5 Å². The summed E-state index contributed by atoms with van der Waals surface area (Å²) in [4.78, 5) is 12.9. The Morgan fingerprint density at radius 2 is 1.81 bits per heavy atom. The van der Waals surface area contributed by atoms with Crippen LogP contribution in [-0.4, -0.2) is 35.0 Å². The highest BCUT2D eigenvalue weighted by Gasteiger charge is 2.14. The summed E-state index contributed by atoms with van der Waals surface area (Å²) in [7, 11) is 0. The molecule has 0 aliphatic rings. The highest BCUT2D eigenvalue weighted by molar-refractivity contribution is 5.80. The number of benzene rings is 2. The Kier molecular flexibility index (Phi) is 5.88. The third kappa shape index (κ3) is 4.23. The molecule has 2 heterocycles. The van der Waals surface area contributed by atoms with Crippen molar-refractivity contribution in [3.05, 3.63) is 76.5 Å². The van der Waals surface area contributed by atoms with Gasteiger partial charge in [-0.3, -0.25) is 4.57 Å². The van der Waals surface area contributed by atoms with Crippen molar-refractivity contribution in [2.24, 2.45) is 0 Å². The monoisotopic (exact) mass is 415 g/mol. The largest absolute Gasteiger partial charge is 0.346 e. The van der Waals surface area contributed by atoms with Crippen LogP contribution >= 0.6 is 0 Å². The van der Waals surface area contributed by atoms with Crippen molar-refractivity contribution in [2.75, 3.05) is 0 Å². The summed E-state index contributed by atoms with van der Waals surface area (Å²) in [6.07, 6.45) is 4.81. The van der Waals surface area contributed by atoms with Crippen LogP contribution in [0.1, 0.15) is 44.6 Å². The van der Waals surface area contributed by atoms with Crippen molar-refractivity contribution in [3.8, 4) is 22.5 Å². The van der Waals surface area contributed by atoms with Crippen molar-refractivity contribution in [1.29, 1.82) is 0 Å². The molecular formula is C23H25N7O. The molecule has 0 radical (unpaired) electrons. The number of hydrogen-bond acceptors (Lipinski definition) is 5. The Hall–Kier alpha value is -3.81. The Morgan fingerprint density at radius 1 is 1.06 bits per heavy atom. The fraction of sp³-hybridized carbons (Fsp3) is 0.261. The highest BCUT2D eigenvalue weighted by Crippen LogP contribution is 2.29. The van der Waals surface area contributed by atoms with Crippen molar-refractivity contribution >= 4 is 6.08 Å². The molecule has 2 aromatic heterocycles. The number of nitrogens with zero attached hydrogens (tertiary/aromatic N) is 6. The van der Waals surface area contributed by atoms with E-state index in [2.05, 4.69) is 44.8 Å². The minimum absolute atomic E-state index is 0.00647. The molecule has 0 spiro atoms. The molecule has 0 atom stereocenters. The molecule has 0 saturated carbocycles. The van der Waals surface area contributed by atoms with Gasteiger partial charge in [0, 0.05) is 5.56 Å². The van der Waals surface area contributed by atoms with E-state index in [4.69, 9.17) is 0 Å². The van der Waals surface area contributed by atoms with Crippen LogP contribution in [0.15, 0.2) is 59.4 Å². The first kappa shape index (κ1) is 20.5. The SMILES string of the molecule is CC/C=C/c1nn(C(C)C)c(=O)n1Cc1ccc(-c2ccccc2-c2nnn[nH]2)cc1. The fourth-order valence-corrected chi connectivity index (χ4v) is 3.45. The second-order valence-electron chi connectivity index (χ2n) is 7.57. The van der Waals surface area contributed by atoms with Gasteiger partial charge in [0.1, 0.15) is 0 Å². The standard InChI is InChI=1S/C23H25N7O/c1-4-5-10-21-26-30(16(2)3)23(31)29(21)15-17-11-13-18(14-12-17)19-8-6-7-9-20(19)22-24-27-28-25-22/h5-14,16H,4,15H2,1-3H3,(H,24,25,27,28)/b10-5+. The first-order valence-electron chi connectivity index (χ1n) is 10.4. The van der Waals surface area contributed by atoms with Crippen LogP contribution < -0.4 is 5.69 Å². The van der Waals surface area contributed by atoms with E-state index in [1.54, 1.807) is 4.57 Å². The summed E-state index contributed by atoms with van der Waals surface area (Å²) in [5, 5.41) is 18.7. The lowest BCUT2D eigenvalue weighted by atomic mass is 9.98. The first-order valence-corrected chi connectivity index (χ1v) is 10.4. The summed E-state index contributed by atoms with van der Waals surface area (Å²) in [5.74, 6) is 1.30. The van der Waals surface area contributed by atoms with Crippen LogP contribution in [0.25, 0.3) is 28.6 Å². The second kappa shape index (κ2) is 8.91. The third-order valence-corrected chi connectivity index (χ3v) is 5.04. The van der Waals surface area contributed by atoms with E-state index in [0.29, 0.717) is 18.2 Å². The van der Waals surface area contributed by atoms with Crippen LogP contribution in [0.3, 0.4) is 0 Å². The molecule has 0 unspecified atom stereocenters. The van der Waals surface area contributed by atoms with Crippen LogP contribution in [0.4, 0.5) is 0 Å².